The molecule has 2 rings (SSSR count). The Bertz CT molecular complexity index is 978. The molecule has 0 heterocycles. The van der Waals surface area contributed by atoms with Gasteiger partial charge in [-0.05, 0) is 56.8 Å². The van der Waals surface area contributed by atoms with Gasteiger partial charge in [0, 0.05) is 11.4 Å². The normalized spacial score (nSPS) is 11.1. The van der Waals surface area contributed by atoms with E-state index < -0.39 is 30.0 Å². The SMILES string of the molecule is Cc1ccc(NC(=O)NC(=O)CN(C)CC(=O)Nc2ccc(OC(F)(F)F)cc2)c(C)c1. The number of amides is 4. The average molecular weight is 452 g/mol. The first kappa shape index (κ1) is 24.7. The highest BCUT2D eigenvalue weighted by Gasteiger charge is 2.31. The predicted octanol–water partition coefficient (Wildman–Crippen LogP) is 3.42. The number of likely N-dealkylation sites (N-methyl/N-ethyl adjacent to an activating group) is 1. The molecule has 0 aliphatic carbocycles. The van der Waals surface area contributed by atoms with Crippen molar-refractivity contribution in [2.75, 3.05) is 30.8 Å². The summed E-state index contributed by atoms with van der Waals surface area (Å²) in [4.78, 5) is 37.5. The highest BCUT2D eigenvalue weighted by Crippen LogP contribution is 2.24. The lowest BCUT2D eigenvalue weighted by Crippen LogP contribution is -2.42. The molecule has 0 aromatic heterocycles. The largest absolute Gasteiger partial charge is 0.573 e. The number of carbonyl (C=O) groups excluding carboxylic acids is 3. The number of urea groups is 1. The number of benzene rings is 2. The van der Waals surface area contributed by atoms with Crippen LogP contribution < -0.4 is 20.7 Å². The summed E-state index contributed by atoms with van der Waals surface area (Å²) in [5.74, 6) is -1.52. The van der Waals surface area contributed by atoms with Crippen molar-refractivity contribution in [2.24, 2.45) is 0 Å². The monoisotopic (exact) mass is 452 g/mol. The molecule has 3 N–H and O–H groups in total. The molecule has 2 aromatic carbocycles. The van der Waals surface area contributed by atoms with E-state index in [9.17, 15) is 27.6 Å². The van der Waals surface area contributed by atoms with Gasteiger partial charge < -0.3 is 15.4 Å². The van der Waals surface area contributed by atoms with E-state index in [1.165, 1.54) is 24.1 Å². The minimum Gasteiger partial charge on any atom is -0.406 e. The number of aryl methyl sites for hydroxylation is 2. The van der Waals surface area contributed by atoms with Gasteiger partial charge in [-0.25, -0.2) is 4.79 Å². The molecule has 0 fully saturated rings. The van der Waals surface area contributed by atoms with Gasteiger partial charge in [0.15, 0.2) is 0 Å². The number of anilines is 2. The van der Waals surface area contributed by atoms with Crippen LogP contribution in [0, 0.1) is 13.8 Å². The summed E-state index contributed by atoms with van der Waals surface area (Å²) in [7, 11) is 1.50. The minimum absolute atomic E-state index is 0.188. The van der Waals surface area contributed by atoms with Gasteiger partial charge in [-0.2, -0.15) is 0 Å². The zero-order chi connectivity index (χ0) is 23.9. The summed E-state index contributed by atoms with van der Waals surface area (Å²) in [6.07, 6.45) is -4.80. The van der Waals surface area contributed by atoms with Crippen LogP contribution in [0.4, 0.5) is 29.3 Å². The molecule has 0 saturated carbocycles. The summed E-state index contributed by atoms with van der Waals surface area (Å²) in [6, 6.07) is 9.39. The van der Waals surface area contributed by atoms with Gasteiger partial charge in [-0.1, -0.05) is 17.7 Å². The van der Waals surface area contributed by atoms with Crippen molar-refractivity contribution in [2.45, 2.75) is 20.2 Å². The molecule has 0 atom stereocenters. The van der Waals surface area contributed by atoms with E-state index in [4.69, 9.17) is 0 Å². The Morgan fingerprint density at radius 1 is 0.938 bits per heavy atom. The van der Waals surface area contributed by atoms with Crippen LogP contribution in [0.15, 0.2) is 42.5 Å². The third kappa shape index (κ3) is 8.64. The third-order valence-electron chi connectivity index (χ3n) is 4.08. The van der Waals surface area contributed by atoms with Gasteiger partial charge in [-0.3, -0.25) is 19.8 Å². The fourth-order valence-corrected chi connectivity index (χ4v) is 2.76. The number of carbonyl (C=O) groups is 3. The van der Waals surface area contributed by atoms with E-state index in [0.717, 1.165) is 23.3 Å². The molecular formula is C21H23F3N4O4. The molecule has 0 spiro atoms. The van der Waals surface area contributed by atoms with Crippen molar-refractivity contribution in [3.05, 3.63) is 53.6 Å². The van der Waals surface area contributed by atoms with Gasteiger partial charge in [0.2, 0.25) is 11.8 Å². The van der Waals surface area contributed by atoms with Gasteiger partial charge in [0.05, 0.1) is 13.1 Å². The molecule has 2 aromatic rings. The van der Waals surface area contributed by atoms with Crippen LogP contribution in [0.5, 0.6) is 5.75 Å². The van der Waals surface area contributed by atoms with Gasteiger partial charge in [0.1, 0.15) is 5.75 Å². The fourth-order valence-electron chi connectivity index (χ4n) is 2.76. The zero-order valence-corrected chi connectivity index (χ0v) is 17.7. The Hall–Kier alpha value is -3.60. The van der Waals surface area contributed by atoms with Crippen molar-refractivity contribution in [3.63, 3.8) is 0 Å². The summed E-state index contributed by atoms with van der Waals surface area (Å²) in [6.45, 7) is 3.33. The van der Waals surface area contributed by atoms with Crippen LogP contribution in [-0.2, 0) is 9.59 Å². The summed E-state index contributed by atoms with van der Waals surface area (Å²) >= 11 is 0. The number of alkyl halides is 3. The number of halogens is 3. The number of nitrogens with one attached hydrogen (secondary N) is 3. The molecule has 0 aliphatic heterocycles. The molecule has 8 nitrogen and oxygen atoms in total. The summed E-state index contributed by atoms with van der Waals surface area (Å²) in [5.41, 5.74) is 2.71. The van der Waals surface area contributed by atoms with E-state index in [1.54, 1.807) is 6.07 Å². The lowest BCUT2D eigenvalue weighted by molar-refractivity contribution is -0.274. The topological polar surface area (TPSA) is 99.8 Å². The van der Waals surface area contributed by atoms with Crippen LogP contribution in [0.1, 0.15) is 11.1 Å². The second kappa shape index (κ2) is 10.6. The highest BCUT2D eigenvalue weighted by molar-refractivity contribution is 6.02. The predicted molar refractivity (Wildman–Crippen MR) is 112 cm³/mol. The van der Waals surface area contributed by atoms with Crippen molar-refractivity contribution in [1.82, 2.24) is 10.2 Å². The molecule has 0 saturated heterocycles. The number of imide groups is 1. The number of rotatable bonds is 7. The number of hydrogen-bond donors (Lipinski definition) is 3. The lowest BCUT2D eigenvalue weighted by Gasteiger charge is -2.16. The Morgan fingerprint density at radius 2 is 1.56 bits per heavy atom. The maximum absolute atomic E-state index is 12.2. The standard InChI is InChI=1S/C21H23F3N4O4/c1-13-4-9-17(14(2)10-13)26-20(31)27-19(30)12-28(3)11-18(29)25-15-5-7-16(8-6-15)32-21(22,23)24/h4-10H,11-12H2,1-3H3,(H,25,29)(H2,26,27,30,31). The van der Waals surface area contributed by atoms with Gasteiger partial charge >= 0.3 is 12.4 Å². The Kier molecular flexibility index (Phi) is 8.19. The second-order valence-corrected chi connectivity index (χ2v) is 7.11. The Balaban J connectivity index is 1.77. The quantitative estimate of drug-likeness (QED) is 0.598. The Labute approximate surface area is 182 Å². The van der Waals surface area contributed by atoms with Crippen molar-refractivity contribution in [3.8, 4) is 5.75 Å². The van der Waals surface area contributed by atoms with E-state index in [1.807, 2.05) is 26.0 Å². The molecule has 0 aliphatic rings. The van der Waals surface area contributed by atoms with Crippen molar-refractivity contribution < 1.29 is 32.3 Å². The van der Waals surface area contributed by atoms with Crippen molar-refractivity contribution in [1.29, 1.82) is 0 Å². The summed E-state index contributed by atoms with van der Waals surface area (Å²) < 4.78 is 40.2. The average Bonchev–Trinajstić information content (AvgIpc) is 2.64. The molecule has 0 unspecified atom stereocenters. The highest BCUT2D eigenvalue weighted by atomic mass is 19.4. The first-order valence-corrected chi connectivity index (χ1v) is 9.43. The molecule has 0 radical (unpaired) electrons. The number of ether oxygens (including phenoxy) is 1. The summed E-state index contributed by atoms with van der Waals surface area (Å²) in [5, 5.41) is 7.26. The van der Waals surface area contributed by atoms with Gasteiger partial charge in [0.25, 0.3) is 0 Å². The zero-order valence-electron chi connectivity index (χ0n) is 17.7. The second-order valence-electron chi connectivity index (χ2n) is 7.11. The first-order chi connectivity index (χ1) is 14.9. The maximum Gasteiger partial charge on any atom is 0.573 e. The third-order valence-corrected chi connectivity index (χ3v) is 4.08. The van der Waals surface area contributed by atoms with E-state index in [0.29, 0.717) is 5.69 Å². The van der Waals surface area contributed by atoms with Crippen LogP contribution in [0.25, 0.3) is 0 Å². The van der Waals surface area contributed by atoms with E-state index in [-0.39, 0.29) is 18.8 Å². The van der Waals surface area contributed by atoms with Crippen LogP contribution in [-0.4, -0.2) is 49.2 Å². The molecule has 172 valence electrons. The fraction of sp³-hybridized carbons (Fsp3) is 0.286. The van der Waals surface area contributed by atoms with Gasteiger partial charge in [-0.15, -0.1) is 13.2 Å². The van der Waals surface area contributed by atoms with Crippen LogP contribution >= 0.6 is 0 Å². The van der Waals surface area contributed by atoms with E-state index in [2.05, 4.69) is 20.7 Å². The number of nitrogens with zero attached hydrogens (tertiary/aromatic N) is 1. The maximum atomic E-state index is 12.2. The molecular weight excluding hydrogens is 429 g/mol. The minimum atomic E-state index is -4.80. The first-order valence-electron chi connectivity index (χ1n) is 9.43. The van der Waals surface area contributed by atoms with E-state index >= 15 is 0 Å². The molecule has 0 bridgehead atoms. The lowest BCUT2D eigenvalue weighted by atomic mass is 10.1. The van der Waals surface area contributed by atoms with Crippen LogP contribution in [0.2, 0.25) is 0 Å². The molecule has 32 heavy (non-hydrogen) atoms. The molecule has 11 heteroatoms. The van der Waals surface area contributed by atoms with Crippen molar-refractivity contribution >= 4 is 29.2 Å². The van der Waals surface area contributed by atoms with Crippen LogP contribution in [0.3, 0.4) is 0 Å². The molecule has 4 amide bonds. The Morgan fingerprint density at radius 3 is 2.16 bits per heavy atom. The number of hydrogen-bond acceptors (Lipinski definition) is 5. The smallest absolute Gasteiger partial charge is 0.406 e.